The number of hydrogen-bond acceptors (Lipinski definition) is 4. The molecule has 0 bridgehead atoms. The highest BCUT2D eigenvalue weighted by molar-refractivity contribution is 5.95. The zero-order valence-electron chi connectivity index (χ0n) is 10.5. The molecule has 0 atom stereocenters. The fraction of sp³-hybridized carbons (Fsp3) is 0.286. The Labute approximate surface area is 110 Å². The number of rotatable bonds is 3. The number of methoxy groups -OCH3 is 1. The Morgan fingerprint density at radius 1 is 1.42 bits per heavy atom. The lowest BCUT2D eigenvalue weighted by atomic mass is 9.98. The minimum atomic E-state index is -0.729. The molecule has 3 rings (SSSR count). The van der Waals surface area contributed by atoms with Crippen LogP contribution in [0.4, 0.5) is 5.69 Å². The van der Waals surface area contributed by atoms with Gasteiger partial charge in [0.2, 0.25) is 0 Å². The molecule has 1 fully saturated rings. The average Bonchev–Trinajstić information content (AvgIpc) is 2.36. The van der Waals surface area contributed by atoms with E-state index < -0.39 is 5.97 Å². The molecule has 1 N–H and O–H groups in total. The van der Waals surface area contributed by atoms with Crippen molar-refractivity contribution in [2.45, 2.75) is 0 Å². The van der Waals surface area contributed by atoms with Gasteiger partial charge in [-0.15, -0.1) is 0 Å². The van der Waals surface area contributed by atoms with E-state index in [1.165, 1.54) is 0 Å². The number of carbonyl (C=O) groups is 1. The van der Waals surface area contributed by atoms with E-state index in [0.717, 1.165) is 22.3 Å². The zero-order valence-corrected chi connectivity index (χ0v) is 10.5. The summed E-state index contributed by atoms with van der Waals surface area (Å²) < 4.78 is 5.30. The number of pyridine rings is 1. The van der Waals surface area contributed by atoms with Crippen molar-refractivity contribution in [3.05, 3.63) is 30.5 Å². The molecule has 0 unspecified atom stereocenters. The lowest BCUT2D eigenvalue weighted by Gasteiger charge is -2.39. The van der Waals surface area contributed by atoms with E-state index in [1.807, 2.05) is 24.3 Å². The van der Waals surface area contributed by atoms with Gasteiger partial charge in [0.1, 0.15) is 11.3 Å². The summed E-state index contributed by atoms with van der Waals surface area (Å²) in [6.45, 7) is 1.09. The van der Waals surface area contributed by atoms with Gasteiger partial charge in [-0.25, -0.2) is 0 Å². The Hall–Kier alpha value is -2.30. The first-order chi connectivity index (χ1) is 9.20. The van der Waals surface area contributed by atoms with Crippen LogP contribution in [0.25, 0.3) is 10.9 Å². The molecule has 1 aliphatic rings. The summed E-state index contributed by atoms with van der Waals surface area (Å²) in [5.41, 5.74) is 1.82. The van der Waals surface area contributed by atoms with Gasteiger partial charge in [0.15, 0.2) is 0 Å². The third-order valence-electron chi connectivity index (χ3n) is 3.50. The molecule has 2 aromatic rings. The number of benzene rings is 1. The number of nitrogens with zero attached hydrogens (tertiary/aromatic N) is 2. The first-order valence-electron chi connectivity index (χ1n) is 6.10. The number of para-hydroxylation sites is 1. The molecule has 1 saturated heterocycles. The van der Waals surface area contributed by atoms with Gasteiger partial charge >= 0.3 is 5.97 Å². The predicted molar refractivity (Wildman–Crippen MR) is 71.6 cm³/mol. The Morgan fingerprint density at radius 2 is 2.21 bits per heavy atom. The largest absolute Gasteiger partial charge is 0.494 e. The van der Waals surface area contributed by atoms with Crippen LogP contribution in [0.2, 0.25) is 0 Å². The number of ether oxygens (including phenoxy) is 1. The summed E-state index contributed by atoms with van der Waals surface area (Å²) in [5, 5.41) is 9.93. The molecular weight excluding hydrogens is 244 g/mol. The topological polar surface area (TPSA) is 62.7 Å². The molecule has 0 amide bonds. The summed E-state index contributed by atoms with van der Waals surface area (Å²) in [6, 6.07) is 7.68. The Morgan fingerprint density at radius 3 is 2.89 bits per heavy atom. The lowest BCUT2D eigenvalue weighted by Crippen LogP contribution is -2.50. The normalized spacial score (nSPS) is 15.3. The second kappa shape index (κ2) is 4.42. The van der Waals surface area contributed by atoms with Crippen molar-refractivity contribution in [2.75, 3.05) is 25.1 Å². The predicted octanol–water partition coefficient (Wildman–Crippen LogP) is 1.76. The highest BCUT2D eigenvalue weighted by atomic mass is 16.5. The summed E-state index contributed by atoms with van der Waals surface area (Å²) >= 11 is 0. The van der Waals surface area contributed by atoms with E-state index in [1.54, 1.807) is 13.3 Å². The molecular formula is C14H14N2O3. The van der Waals surface area contributed by atoms with Crippen LogP contribution in [0.15, 0.2) is 30.5 Å². The standard InChI is InChI=1S/C14H14N2O3/c1-19-12-4-2-3-10-11(5-6-15-13(10)12)16-7-9(8-16)14(17)18/h2-6,9H,7-8H2,1H3,(H,17,18). The number of carboxylic acids is 1. The lowest BCUT2D eigenvalue weighted by molar-refractivity contribution is -0.142. The van der Waals surface area contributed by atoms with Gasteiger partial charge in [-0.1, -0.05) is 12.1 Å². The van der Waals surface area contributed by atoms with Crippen LogP contribution in [0, 0.1) is 5.92 Å². The molecule has 5 nitrogen and oxygen atoms in total. The van der Waals surface area contributed by atoms with Crippen molar-refractivity contribution in [2.24, 2.45) is 5.92 Å². The second-order valence-corrected chi connectivity index (χ2v) is 4.63. The van der Waals surface area contributed by atoms with Gasteiger partial charge in [-0.3, -0.25) is 9.78 Å². The first kappa shape index (κ1) is 11.8. The smallest absolute Gasteiger partial charge is 0.310 e. The number of aromatic nitrogens is 1. The molecule has 0 radical (unpaired) electrons. The quantitative estimate of drug-likeness (QED) is 0.909. The molecule has 5 heteroatoms. The minimum Gasteiger partial charge on any atom is -0.494 e. The maximum Gasteiger partial charge on any atom is 0.310 e. The van der Waals surface area contributed by atoms with Crippen LogP contribution in [0.1, 0.15) is 0 Å². The van der Waals surface area contributed by atoms with E-state index in [-0.39, 0.29) is 5.92 Å². The molecule has 0 spiro atoms. The first-order valence-corrected chi connectivity index (χ1v) is 6.10. The highest BCUT2D eigenvalue weighted by Crippen LogP contribution is 2.34. The third-order valence-corrected chi connectivity index (χ3v) is 3.50. The van der Waals surface area contributed by atoms with E-state index in [9.17, 15) is 4.79 Å². The minimum absolute atomic E-state index is 0.270. The van der Waals surface area contributed by atoms with Crippen LogP contribution >= 0.6 is 0 Å². The van der Waals surface area contributed by atoms with Crippen LogP contribution in [0.3, 0.4) is 0 Å². The van der Waals surface area contributed by atoms with Gasteiger partial charge in [-0.05, 0) is 12.1 Å². The van der Waals surface area contributed by atoms with Crippen LogP contribution in [-0.4, -0.2) is 36.3 Å². The van der Waals surface area contributed by atoms with Crippen molar-refractivity contribution < 1.29 is 14.6 Å². The maximum atomic E-state index is 10.9. The molecule has 19 heavy (non-hydrogen) atoms. The van der Waals surface area contributed by atoms with E-state index in [2.05, 4.69) is 9.88 Å². The van der Waals surface area contributed by atoms with Crippen molar-refractivity contribution in [1.29, 1.82) is 0 Å². The summed E-state index contributed by atoms with van der Waals surface area (Å²) in [4.78, 5) is 17.3. The van der Waals surface area contributed by atoms with Crippen molar-refractivity contribution in [1.82, 2.24) is 4.98 Å². The van der Waals surface area contributed by atoms with Crippen molar-refractivity contribution >= 4 is 22.6 Å². The van der Waals surface area contributed by atoms with Gasteiger partial charge in [0, 0.05) is 30.4 Å². The van der Waals surface area contributed by atoms with E-state index in [0.29, 0.717) is 13.1 Å². The number of anilines is 1. The Balaban J connectivity index is 1.99. The third kappa shape index (κ3) is 1.87. The number of hydrogen-bond donors (Lipinski definition) is 1. The average molecular weight is 258 g/mol. The summed E-state index contributed by atoms with van der Waals surface area (Å²) in [7, 11) is 1.62. The van der Waals surface area contributed by atoms with Crippen molar-refractivity contribution in [3.8, 4) is 5.75 Å². The van der Waals surface area contributed by atoms with E-state index in [4.69, 9.17) is 9.84 Å². The molecule has 0 aliphatic carbocycles. The van der Waals surface area contributed by atoms with Gasteiger partial charge in [0.05, 0.1) is 13.0 Å². The number of fused-ring (bicyclic) bond motifs is 1. The fourth-order valence-corrected chi connectivity index (χ4v) is 2.41. The van der Waals surface area contributed by atoms with Crippen molar-refractivity contribution in [3.63, 3.8) is 0 Å². The fourth-order valence-electron chi connectivity index (χ4n) is 2.41. The number of aliphatic carboxylic acids is 1. The molecule has 1 aliphatic heterocycles. The Kier molecular flexibility index (Phi) is 2.74. The highest BCUT2D eigenvalue weighted by Gasteiger charge is 2.33. The summed E-state index contributed by atoms with van der Waals surface area (Å²) in [5.74, 6) is -0.268. The zero-order chi connectivity index (χ0) is 13.4. The van der Waals surface area contributed by atoms with Crippen LogP contribution in [-0.2, 0) is 4.79 Å². The van der Waals surface area contributed by atoms with Crippen LogP contribution < -0.4 is 9.64 Å². The second-order valence-electron chi connectivity index (χ2n) is 4.63. The van der Waals surface area contributed by atoms with Gasteiger partial charge < -0.3 is 14.7 Å². The number of carboxylic acid groups (broad SMARTS) is 1. The van der Waals surface area contributed by atoms with Gasteiger partial charge in [0.25, 0.3) is 0 Å². The molecule has 1 aromatic heterocycles. The molecule has 98 valence electrons. The summed E-state index contributed by atoms with van der Waals surface area (Å²) in [6.07, 6.45) is 1.73. The molecule has 1 aromatic carbocycles. The maximum absolute atomic E-state index is 10.9. The molecule has 0 saturated carbocycles. The monoisotopic (exact) mass is 258 g/mol. The Bertz CT molecular complexity index is 636. The van der Waals surface area contributed by atoms with Gasteiger partial charge in [-0.2, -0.15) is 0 Å². The van der Waals surface area contributed by atoms with E-state index >= 15 is 0 Å². The van der Waals surface area contributed by atoms with Crippen LogP contribution in [0.5, 0.6) is 5.75 Å². The SMILES string of the molecule is COc1cccc2c(N3CC(C(=O)O)C3)ccnc12. The molecule has 2 heterocycles.